The molecule has 0 saturated heterocycles. The van der Waals surface area contributed by atoms with E-state index in [2.05, 4.69) is 0 Å². The van der Waals surface area contributed by atoms with E-state index in [1.807, 2.05) is 63.3 Å². The lowest BCUT2D eigenvalue weighted by atomic mass is 10.2. The molecule has 0 radical (unpaired) electrons. The normalized spacial score (nSPS) is 12.8. The summed E-state index contributed by atoms with van der Waals surface area (Å²) in [6.07, 6.45) is 3.37. The van der Waals surface area contributed by atoms with Crippen LogP contribution in [0.15, 0.2) is 42.5 Å². The second-order valence-corrected chi connectivity index (χ2v) is 4.91. The van der Waals surface area contributed by atoms with Crippen molar-refractivity contribution < 1.29 is 19.0 Å². The van der Waals surface area contributed by atoms with Gasteiger partial charge in [0.2, 0.25) is 0 Å². The van der Waals surface area contributed by atoms with E-state index in [0.717, 1.165) is 5.56 Å². The van der Waals surface area contributed by atoms with Crippen LogP contribution in [0.5, 0.6) is 0 Å². The van der Waals surface area contributed by atoms with Gasteiger partial charge >= 0.3 is 5.97 Å². The summed E-state index contributed by atoms with van der Waals surface area (Å²) in [5, 5.41) is 0. The maximum Gasteiger partial charge on any atom is 0.332 e. The second-order valence-electron chi connectivity index (χ2n) is 4.91. The van der Waals surface area contributed by atoms with Crippen LogP contribution in [-0.4, -0.2) is 31.4 Å². The molecule has 0 spiro atoms. The standard InChI is InChI=1S/C17H24O4/c1-4-8-16(20-13-17(18)21-14(2)3)12-19-11-15-9-6-5-7-10-15/h4-10,14,16H,11-13H2,1-3H3/b8-4+/t16-/m1/s1. The molecule has 0 unspecified atom stereocenters. The first-order chi connectivity index (χ1) is 10.1. The van der Waals surface area contributed by atoms with Crippen molar-refractivity contribution in [3.63, 3.8) is 0 Å². The van der Waals surface area contributed by atoms with Crippen molar-refractivity contribution in [1.29, 1.82) is 0 Å². The molecule has 4 nitrogen and oxygen atoms in total. The van der Waals surface area contributed by atoms with Crippen molar-refractivity contribution in [3.05, 3.63) is 48.0 Å². The SMILES string of the molecule is C/C=C/[C@H](COCc1ccccc1)OCC(=O)OC(C)C. The number of esters is 1. The summed E-state index contributed by atoms with van der Waals surface area (Å²) in [6.45, 7) is 6.37. The van der Waals surface area contributed by atoms with Gasteiger partial charge < -0.3 is 14.2 Å². The first-order valence-corrected chi connectivity index (χ1v) is 7.17. The highest BCUT2D eigenvalue weighted by Gasteiger charge is 2.11. The molecule has 116 valence electrons. The molecule has 0 fully saturated rings. The van der Waals surface area contributed by atoms with Crippen molar-refractivity contribution >= 4 is 5.97 Å². The number of benzene rings is 1. The average molecular weight is 292 g/mol. The zero-order valence-corrected chi connectivity index (χ0v) is 13.0. The molecule has 0 aromatic heterocycles. The summed E-state index contributed by atoms with van der Waals surface area (Å²) >= 11 is 0. The van der Waals surface area contributed by atoms with E-state index in [-0.39, 0.29) is 24.8 Å². The fourth-order valence-electron chi connectivity index (χ4n) is 1.71. The number of hydrogen-bond donors (Lipinski definition) is 0. The van der Waals surface area contributed by atoms with Crippen LogP contribution in [0.25, 0.3) is 0 Å². The van der Waals surface area contributed by atoms with Crippen LogP contribution < -0.4 is 0 Å². The van der Waals surface area contributed by atoms with Crippen LogP contribution in [0.1, 0.15) is 26.3 Å². The first kappa shape index (κ1) is 17.4. The fraction of sp³-hybridized carbons (Fsp3) is 0.471. The molecular formula is C17H24O4. The highest BCUT2D eigenvalue weighted by Crippen LogP contribution is 2.04. The van der Waals surface area contributed by atoms with Crippen molar-refractivity contribution in [3.8, 4) is 0 Å². The van der Waals surface area contributed by atoms with Gasteiger partial charge in [0.05, 0.1) is 25.4 Å². The molecule has 0 aliphatic carbocycles. The zero-order chi connectivity index (χ0) is 15.5. The Hall–Kier alpha value is -1.65. The quantitative estimate of drug-likeness (QED) is 0.518. The summed E-state index contributed by atoms with van der Waals surface area (Å²) in [5.41, 5.74) is 1.11. The number of allylic oxidation sites excluding steroid dienone is 1. The van der Waals surface area contributed by atoms with Crippen LogP contribution >= 0.6 is 0 Å². The average Bonchev–Trinajstić information content (AvgIpc) is 2.45. The van der Waals surface area contributed by atoms with Gasteiger partial charge in [0, 0.05) is 0 Å². The molecule has 0 bridgehead atoms. The first-order valence-electron chi connectivity index (χ1n) is 7.17. The third-order valence-corrected chi connectivity index (χ3v) is 2.58. The third kappa shape index (κ3) is 8.27. The maximum atomic E-state index is 11.4. The molecule has 0 amide bonds. The van der Waals surface area contributed by atoms with E-state index in [9.17, 15) is 4.79 Å². The summed E-state index contributed by atoms with van der Waals surface area (Å²) in [7, 11) is 0. The molecule has 21 heavy (non-hydrogen) atoms. The van der Waals surface area contributed by atoms with Crippen molar-refractivity contribution in [2.75, 3.05) is 13.2 Å². The molecule has 0 heterocycles. The molecule has 1 aromatic carbocycles. The van der Waals surface area contributed by atoms with Gasteiger partial charge in [-0.3, -0.25) is 0 Å². The zero-order valence-electron chi connectivity index (χ0n) is 13.0. The topological polar surface area (TPSA) is 44.8 Å². The lowest BCUT2D eigenvalue weighted by Gasteiger charge is -2.15. The third-order valence-electron chi connectivity index (χ3n) is 2.58. The van der Waals surface area contributed by atoms with E-state index in [0.29, 0.717) is 13.2 Å². The van der Waals surface area contributed by atoms with Gasteiger partial charge in [-0.15, -0.1) is 0 Å². The predicted molar refractivity (Wildman–Crippen MR) is 81.9 cm³/mol. The van der Waals surface area contributed by atoms with Crippen molar-refractivity contribution in [1.82, 2.24) is 0 Å². The largest absolute Gasteiger partial charge is 0.461 e. The fourth-order valence-corrected chi connectivity index (χ4v) is 1.71. The van der Waals surface area contributed by atoms with Crippen molar-refractivity contribution in [2.45, 2.75) is 39.6 Å². The second kappa shape index (κ2) is 10.1. The number of carbonyl (C=O) groups excluding carboxylic acids is 1. The molecule has 0 N–H and O–H groups in total. The van der Waals surface area contributed by atoms with Gasteiger partial charge in [-0.1, -0.05) is 42.5 Å². The van der Waals surface area contributed by atoms with Gasteiger partial charge in [-0.25, -0.2) is 4.79 Å². The summed E-state index contributed by atoms with van der Waals surface area (Å²) in [6, 6.07) is 9.92. The van der Waals surface area contributed by atoms with Gasteiger partial charge in [-0.2, -0.15) is 0 Å². The Balaban J connectivity index is 2.31. The Morgan fingerprint density at radius 3 is 2.57 bits per heavy atom. The highest BCUT2D eigenvalue weighted by atomic mass is 16.6. The van der Waals surface area contributed by atoms with Crippen LogP contribution in [0, 0.1) is 0 Å². The molecule has 1 atom stereocenters. The highest BCUT2D eigenvalue weighted by molar-refractivity contribution is 5.70. The Bertz CT molecular complexity index is 426. The van der Waals surface area contributed by atoms with Gasteiger partial charge in [0.1, 0.15) is 6.61 Å². The summed E-state index contributed by atoms with van der Waals surface area (Å²) in [4.78, 5) is 11.4. The van der Waals surface area contributed by atoms with Gasteiger partial charge in [0.25, 0.3) is 0 Å². The van der Waals surface area contributed by atoms with E-state index < -0.39 is 0 Å². The van der Waals surface area contributed by atoms with E-state index in [4.69, 9.17) is 14.2 Å². The van der Waals surface area contributed by atoms with Crippen LogP contribution in [-0.2, 0) is 25.6 Å². The molecule has 4 heteroatoms. The Kier molecular flexibility index (Phi) is 8.40. The lowest BCUT2D eigenvalue weighted by Crippen LogP contribution is -2.24. The number of carbonyl (C=O) groups is 1. The van der Waals surface area contributed by atoms with Crippen LogP contribution in [0.3, 0.4) is 0 Å². The maximum absolute atomic E-state index is 11.4. The minimum absolute atomic E-state index is 0.0676. The summed E-state index contributed by atoms with van der Waals surface area (Å²) < 4.78 is 16.1. The van der Waals surface area contributed by atoms with Crippen LogP contribution in [0.4, 0.5) is 0 Å². The molecule has 0 saturated carbocycles. The predicted octanol–water partition coefficient (Wildman–Crippen LogP) is 3.12. The Morgan fingerprint density at radius 1 is 1.24 bits per heavy atom. The van der Waals surface area contributed by atoms with E-state index >= 15 is 0 Å². The molecule has 1 rings (SSSR count). The number of ether oxygens (including phenoxy) is 3. The monoisotopic (exact) mass is 292 g/mol. The Morgan fingerprint density at radius 2 is 1.95 bits per heavy atom. The minimum Gasteiger partial charge on any atom is -0.461 e. The van der Waals surface area contributed by atoms with Crippen molar-refractivity contribution in [2.24, 2.45) is 0 Å². The molecular weight excluding hydrogens is 268 g/mol. The molecule has 1 aromatic rings. The smallest absolute Gasteiger partial charge is 0.332 e. The summed E-state index contributed by atoms with van der Waals surface area (Å²) in [5.74, 6) is -0.359. The van der Waals surface area contributed by atoms with Crippen LogP contribution in [0.2, 0.25) is 0 Å². The van der Waals surface area contributed by atoms with E-state index in [1.54, 1.807) is 0 Å². The Labute approximate surface area is 126 Å². The minimum atomic E-state index is -0.359. The molecule has 0 aliphatic heterocycles. The number of hydrogen-bond acceptors (Lipinski definition) is 4. The molecule has 0 aliphatic rings. The van der Waals surface area contributed by atoms with Gasteiger partial charge in [-0.05, 0) is 26.3 Å². The number of rotatable bonds is 9. The lowest BCUT2D eigenvalue weighted by molar-refractivity contribution is -0.154. The van der Waals surface area contributed by atoms with E-state index in [1.165, 1.54) is 0 Å². The van der Waals surface area contributed by atoms with Gasteiger partial charge in [0.15, 0.2) is 0 Å².